The number of piperidine rings is 1. The van der Waals surface area contributed by atoms with Gasteiger partial charge < -0.3 is 9.84 Å². The maximum absolute atomic E-state index is 5.37. The number of nitrogens with one attached hydrogen (secondary N) is 1. The largest absolute Gasteiger partial charge is 0.339 e. The third kappa shape index (κ3) is 3.25. The molecule has 0 spiro atoms. The molecule has 1 fully saturated rings. The van der Waals surface area contributed by atoms with E-state index in [0.717, 1.165) is 37.5 Å². The van der Waals surface area contributed by atoms with Crippen molar-refractivity contribution in [3.8, 4) is 0 Å². The summed E-state index contributed by atoms with van der Waals surface area (Å²) in [6.07, 6.45) is 5.35. The van der Waals surface area contributed by atoms with Crippen LogP contribution in [-0.2, 0) is 12.8 Å². The first-order chi connectivity index (χ1) is 9.81. The Balaban J connectivity index is 1.59. The molecule has 4 heteroatoms. The molecule has 2 heterocycles. The fourth-order valence-electron chi connectivity index (χ4n) is 2.70. The van der Waals surface area contributed by atoms with Gasteiger partial charge in [-0.05, 0) is 38.3 Å². The summed E-state index contributed by atoms with van der Waals surface area (Å²) in [4.78, 5) is 4.53. The quantitative estimate of drug-likeness (QED) is 0.928. The SMILES string of the molecule is Cc1cccc(CCc2nc(C3CCCCN3)no2)c1. The Morgan fingerprint density at radius 1 is 1.30 bits per heavy atom. The predicted octanol–water partition coefficient (Wildman–Crippen LogP) is 2.98. The van der Waals surface area contributed by atoms with Crippen LogP contribution in [0.2, 0.25) is 0 Å². The highest BCUT2D eigenvalue weighted by Gasteiger charge is 2.20. The number of hydrogen-bond acceptors (Lipinski definition) is 4. The van der Waals surface area contributed by atoms with Gasteiger partial charge >= 0.3 is 0 Å². The van der Waals surface area contributed by atoms with Crippen molar-refractivity contribution in [1.29, 1.82) is 0 Å². The van der Waals surface area contributed by atoms with E-state index in [4.69, 9.17) is 4.52 Å². The minimum absolute atomic E-state index is 0.278. The molecule has 0 amide bonds. The highest BCUT2D eigenvalue weighted by molar-refractivity contribution is 5.22. The van der Waals surface area contributed by atoms with Gasteiger partial charge in [-0.15, -0.1) is 0 Å². The Bertz CT molecular complexity index is 558. The number of rotatable bonds is 4. The van der Waals surface area contributed by atoms with Gasteiger partial charge in [-0.2, -0.15) is 4.98 Å². The van der Waals surface area contributed by atoms with E-state index in [-0.39, 0.29) is 6.04 Å². The second-order valence-corrected chi connectivity index (χ2v) is 5.54. The summed E-state index contributed by atoms with van der Waals surface area (Å²) in [6, 6.07) is 8.84. The molecule has 1 aliphatic heterocycles. The lowest BCUT2D eigenvalue weighted by atomic mass is 10.0. The van der Waals surface area contributed by atoms with Crippen LogP contribution < -0.4 is 5.32 Å². The monoisotopic (exact) mass is 271 g/mol. The zero-order chi connectivity index (χ0) is 13.8. The number of benzene rings is 1. The number of aromatic nitrogens is 2. The Labute approximate surface area is 119 Å². The third-order valence-corrected chi connectivity index (χ3v) is 3.82. The molecular formula is C16H21N3O. The molecule has 1 unspecified atom stereocenters. The van der Waals surface area contributed by atoms with Gasteiger partial charge in [0.05, 0.1) is 6.04 Å². The van der Waals surface area contributed by atoms with Gasteiger partial charge in [-0.3, -0.25) is 0 Å². The van der Waals surface area contributed by atoms with Crippen LogP contribution in [0.4, 0.5) is 0 Å². The first-order valence-corrected chi connectivity index (χ1v) is 7.43. The number of nitrogens with zero attached hydrogens (tertiary/aromatic N) is 2. The minimum Gasteiger partial charge on any atom is -0.339 e. The van der Waals surface area contributed by atoms with Crippen LogP contribution in [0.1, 0.15) is 48.1 Å². The average molecular weight is 271 g/mol. The van der Waals surface area contributed by atoms with E-state index in [1.807, 2.05) is 0 Å². The van der Waals surface area contributed by atoms with Crippen molar-refractivity contribution in [2.45, 2.75) is 45.1 Å². The zero-order valence-corrected chi connectivity index (χ0v) is 11.9. The summed E-state index contributed by atoms with van der Waals surface area (Å²) in [5, 5.41) is 7.57. The topological polar surface area (TPSA) is 51.0 Å². The van der Waals surface area contributed by atoms with E-state index in [2.05, 4.69) is 46.6 Å². The number of aryl methyl sites for hydroxylation is 3. The second kappa shape index (κ2) is 6.18. The molecule has 1 aromatic heterocycles. The molecular weight excluding hydrogens is 250 g/mol. The first-order valence-electron chi connectivity index (χ1n) is 7.43. The van der Waals surface area contributed by atoms with Crippen molar-refractivity contribution in [2.24, 2.45) is 0 Å². The smallest absolute Gasteiger partial charge is 0.227 e. The molecule has 1 N–H and O–H groups in total. The highest BCUT2D eigenvalue weighted by Crippen LogP contribution is 2.20. The lowest BCUT2D eigenvalue weighted by molar-refractivity contribution is 0.348. The maximum Gasteiger partial charge on any atom is 0.227 e. The standard InChI is InChI=1S/C16H21N3O/c1-12-5-4-6-13(11-12)8-9-15-18-16(19-20-15)14-7-2-3-10-17-14/h4-6,11,14,17H,2-3,7-10H2,1H3. The zero-order valence-electron chi connectivity index (χ0n) is 11.9. The molecule has 0 saturated carbocycles. The third-order valence-electron chi connectivity index (χ3n) is 3.82. The molecule has 2 aromatic rings. The summed E-state index contributed by atoms with van der Waals surface area (Å²) < 4.78 is 5.37. The summed E-state index contributed by atoms with van der Waals surface area (Å²) in [6.45, 7) is 3.17. The van der Waals surface area contributed by atoms with Crippen LogP contribution in [0.3, 0.4) is 0 Å². The van der Waals surface area contributed by atoms with Gasteiger partial charge in [-0.25, -0.2) is 0 Å². The van der Waals surface area contributed by atoms with Crippen LogP contribution >= 0.6 is 0 Å². The van der Waals surface area contributed by atoms with Crippen molar-refractivity contribution in [3.63, 3.8) is 0 Å². The lowest BCUT2D eigenvalue weighted by Gasteiger charge is -2.19. The summed E-state index contributed by atoms with van der Waals surface area (Å²) in [5.41, 5.74) is 2.61. The summed E-state index contributed by atoms with van der Waals surface area (Å²) >= 11 is 0. The van der Waals surface area contributed by atoms with Gasteiger partial charge in [0.25, 0.3) is 0 Å². The summed E-state index contributed by atoms with van der Waals surface area (Å²) in [7, 11) is 0. The molecule has 1 aromatic carbocycles. The van der Waals surface area contributed by atoms with Crippen LogP contribution in [0, 0.1) is 6.92 Å². The van der Waals surface area contributed by atoms with E-state index >= 15 is 0 Å². The van der Waals surface area contributed by atoms with Gasteiger partial charge in [0, 0.05) is 6.42 Å². The van der Waals surface area contributed by atoms with Crippen LogP contribution in [0.5, 0.6) is 0 Å². The highest BCUT2D eigenvalue weighted by atomic mass is 16.5. The van der Waals surface area contributed by atoms with Crippen LogP contribution in [-0.4, -0.2) is 16.7 Å². The predicted molar refractivity (Wildman–Crippen MR) is 77.5 cm³/mol. The molecule has 1 saturated heterocycles. The Morgan fingerprint density at radius 3 is 3.05 bits per heavy atom. The second-order valence-electron chi connectivity index (χ2n) is 5.54. The van der Waals surface area contributed by atoms with E-state index < -0.39 is 0 Å². The average Bonchev–Trinajstić information content (AvgIpc) is 2.95. The molecule has 4 nitrogen and oxygen atoms in total. The van der Waals surface area contributed by atoms with Crippen molar-refractivity contribution in [1.82, 2.24) is 15.5 Å². The van der Waals surface area contributed by atoms with E-state index in [9.17, 15) is 0 Å². The molecule has 0 aliphatic carbocycles. The van der Waals surface area contributed by atoms with E-state index in [1.54, 1.807) is 0 Å². The van der Waals surface area contributed by atoms with Gasteiger partial charge in [0.2, 0.25) is 5.89 Å². The summed E-state index contributed by atoms with van der Waals surface area (Å²) in [5.74, 6) is 1.57. The molecule has 20 heavy (non-hydrogen) atoms. The van der Waals surface area contributed by atoms with Gasteiger partial charge in [0.1, 0.15) is 0 Å². The Kier molecular flexibility index (Phi) is 4.11. The van der Waals surface area contributed by atoms with Crippen molar-refractivity contribution >= 4 is 0 Å². The van der Waals surface area contributed by atoms with Crippen LogP contribution in [0.15, 0.2) is 28.8 Å². The van der Waals surface area contributed by atoms with E-state index in [0.29, 0.717) is 0 Å². The molecule has 106 valence electrons. The molecule has 1 aliphatic rings. The molecule has 1 atom stereocenters. The minimum atomic E-state index is 0.278. The Morgan fingerprint density at radius 2 is 2.25 bits per heavy atom. The van der Waals surface area contributed by atoms with Gasteiger partial charge in [-0.1, -0.05) is 41.4 Å². The van der Waals surface area contributed by atoms with Crippen molar-refractivity contribution in [3.05, 3.63) is 47.1 Å². The van der Waals surface area contributed by atoms with Crippen molar-refractivity contribution in [2.75, 3.05) is 6.54 Å². The fraction of sp³-hybridized carbons (Fsp3) is 0.500. The molecule has 0 radical (unpaired) electrons. The first kappa shape index (κ1) is 13.3. The lowest BCUT2D eigenvalue weighted by Crippen LogP contribution is -2.27. The Hall–Kier alpha value is -1.68. The van der Waals surface area contributed by atoms with Crippen molar-refractivity contribution < 1.29 is 4.52 Å². The fourth-order valence-corrected chi connectivity index (χ4v) is 2.70. The van der Waals surface area contributed by atoms with E-state index in [1.165, 1.54) is 24.0 Å². The van der Waals surface area contributed by atoms with Gasteiger partial charge in [0.15, 0.2) is 5.82 Å². The number of hydrogen-bond donors (Lipinski definition) is 1. The normalized spacial score (nSPS) is 19.1. The van der Waals surface area contributed by atoms with Crippen LogP contribution in [0.25, 0.3) is 0 Å². The molecule has 0 bridgehead atoms. The molecule has 3 rings (SSSR count). The maximum atomic E-state index is 5.37.